The first kappa shape index (κ1) is 25.9. The number of hydrogen-bond donors (Lipinski definition) is 0. The third-order valence-electron chi connectivity index (χ3n) is 6.47. The molecule has 0 saturated carbocycles. The number of nitrogens with zero attached hydrogens (tertiary/aromatic N) is 7. The van der Waals surface area contributed by atoms with Crippen LogP contribution in [0.4, 0.5) is 10.6 Å². The Labute approximate surface area is 205 Å². The average Bonchev–Trinajstić information content (AvgIpc) is 3.27. The Kier molecular flexibility index (Phi) is 8.27. The molecule has 0 aliphatic carbocycles. The number of nitriles is 1. The van der Waals surface area contributed by atoms with Crippen LogP contribution in [0.3, 0.4) is 0 Å². The molecule has 0 N–H and O–H groups in total. The van der Waals surface area contributed by atoms with Gasteiger partial charge in [-0.2, -0.15) is 5.26 Å². The number of esters is 1. The third kappa shape index (κ3) is 5.70. The predicted octanol–water partition coefficient (Wildman–Crippen LogP) is 2.12. The fourth-order valence-electron chi connectivity index (χ4n) is 4.22. The van der Waals surface area contributed by atoms with Gasteiger partial charge in [-0.05, 0) is 18.4 Å². The van der Waals surface area contributed by atoms with Gasteiger partial charge < -0.3 is 19.4 Å². The Morgan fingerprint density at radius 3 is 2.71 bits per heavy atom. The monoisotopic (exact) mass is 483 g/mol. The number of likely N-dealkylation sites (tertiary alicyclic amines) is 1. The van der Waals surface area contributed by atoms with Crippen molar-refractivity contribution in [1.29, 1.82) is 5.26 Å². The number of ether oxygens (including phenoxy) is 1. The lowest BCUT2D eigenvalue weighted by atomic mass is 9.92. The molecule has 1 saturated heterocycles. The quantitative estimate of drug-likeness (QED) is 0.549. The molecule has 35 heavy (non-hydrogen) atoms. The summed E-state index contributed by atoms with van der Waals surface area (Å²) in [6.45, 7) is 7.15. The summed E-state index contributed by atoms with van der Waals surface area (Å²) in [5, 5.41) is 9.61. The number of carbonyl (C=O) groups excluding carboxylic acids is 3. The highest BCUT2D eigenvalue weighted by atomic mass is 16.5. The first-order chi connectivity index (χ1) is 16.6. The van der Waals surface area contributed by atoms with Crippen molar-refractivity contribution in [3.05, 3.63) is 18.6 Å². The molecule has 0 radical (unpaired) electrons. The van der Waals surface area contributed by atoms with Gasteiger partial charge in [-0.15, -0.1) is 0 Å². The Morgan fingerprint density at radius 1 is 1.29 bits per heavy atom. The van der Waals surface area contributed by atoms with E-state index in [1.165, 1.54) is 15.8 Å². The minimum Gasteiger partial charge on any atom is -0.464 e. The van der Waals surface area contributed by atoms with Gasteiger partial charge in [0, 0.05) is 33.4 Å². The summed E-state index contributed by atoms with van der Waals surface area (Å²) in [5.41, 5.74) is 0.471. The molecule has 0 unspecified atom stereocenters. The second kappa shape index (κ2) is 11.2. The van der Waals surface area contributed by atoms with E-state index in [0.29, 0.717) is 30.5 Å². The SMILES string of the molecule is CC(C)C(=O)OCCN(C)C(=O)n1ccc2c(N(C)[C@H]3CN(C(=O)CC#N)CC[C@H]3C)ncnc21. The molecule has 3 rings (SSSR count). The van der Waals surface area contributed by atoms with Gasteiger partial charge in [-0.1, -0.05) is 20.8 Å². The number of hydrogen-bond acceptors (Lipinski definition) is 8. The van der Waals surface area contributed by atoms with Crippen LogP contribution in [0.5, 0.6) is 0 Å². The maximum absolute atomic E-state index is 13.0. The van der Waals surface area contributed by atoms with Crippen molar-refractivity contribution >= 4 is 34.8 Å². The van der Waals surface area contributed by atoms with Crippen molar-refractivity contribution < 1.29 is 19.1 Å². The Hall–Kier alpha value is -3.68. The number of fused-ring (bicyclic) bond motifs is 1. The fraction of sp³-hybridized carbons (Fsp3) is 0.583. The van der Waals surface area contributed by atoms with E-state index in [-0.39, 0.29) is 49.4 Å². The molecule has 2 aromatic rings. The van der Waals surface area contributed by atoms with E-state index in [9.17, 15) is 14.4 Å². The number of likely N-dealkylation sites (N-methyl/N-ethyl adjacent to an activating group) is 2. The minimum atomic E-state index is -0.303. The first-order valence-electron chi connectivity index (χ1n) is 11.8. The lowest BCUT2D eigenvalue weighted by molar-refractivity contribution is -0.147. The van der Waals surface area contributed by atoms with Gasteiger partial charge in [-0.3, -0.25) is 14.2 Å². The van der Waals surface area contributed by atoms with Gasteiger partial charge in [0.05, 0.1) is 30.0 Å². The maximum Gasteiger partial charge on any atom is 0.329 e. The minimum absolute atomic E-state index is 0.00172. The molecule has 3 heterocycles. The van der Waals surface area contributed by atoms with Crippen molar-refractivity contribution in [3.63, 3.8) is 0 Å². The second-order valence-electron chi connectivity index (χ2n) is 9.27. The van der Waals surface area contributed by atoms with Crippen molar-refractivity contribution in [3.8, 4) is 6.07 Å². The van der Waals surface area contributed by atoms with Crippen LogP contribution in [0.2, 0.25) is 0 Å². The summed E-state index contributed by atoms with van der Waals surface area (Å²) in [7, 11) is 3.57. The van der Waals surface area contributed by atoms with Crippen LogP contribution in [0.15, 0.2) is 18.6 Å². The average molecular weight is 484 g/mol. The van der Waals surface area contributed by atoms with Crippen LogP contribution in [-0.2, 0) is 14.3 Å². The highest BCUT2D eigenvalue weighted by molar-refractivity contribution is 5.94. The number of aromatic nitrogens is 3. The summed E-state index contributed by atoms with van der Waals surface area (Å²) in [6.07, 6.45) is 3.78. The maximum atomic E-state index is 13.0. The molecule has 2 amide bonds. The van der Waals surface area contributed by atoms with Crippen LogP contribution in [0, 0.1) is 23.2 Å². The van der Waals surface area contributed by atoms with Gasteiger partial charge in [0.25, 0.3) is 0 Å². The van der Waals surface area contributed by atoms with Gasteiger partial charge in [-0.25, -0.2) is 14.8 Å². The fourth-order valence-corrected chi connectivity index (χ4v) is 4.22. The lowest BCUT2D eigenvalue weighted by Gasteiger charge is -2.42. The van der Waals surface area contributed by atoms with E-state index in [1.807, 2.05) is 18.0 Å². The molecule has 1 aliphatic rings. The summed E-state index contributed by atoms with van der Waals surface area (Å²) in [5.74, 6) is 0.285. The number of anilines is 1. The summed E-state index contributed by atoms with van der Waals surface area (Å²) >= 11 is 0. The number of rotatable bonds is 7. The van der Waals surface area contributed by atoms with Gasteiger partial charge >= 0.3 is 12.0 Å². The molecule has 0 aromatic carbocycles. The smallest absolute Gasteiger partial charge is 0.329 e. The molecule has 2 atom stereocenters. The van der Waals surface area contributed by atoms with E-state index < -0.39 is 0 Å². The van der Waals surface area contributed by atoms with Crippen LogP contribution in [0.25, 0.3) is 11.0 Å². The van der Waals surface area contributed by atoms with E-state index >= 15 is 0 Å². The van der Waals surface area contributed by atoms with Crippen LogP contribution < -0.4 is 4.90 Å². The summed E-state index contributed by atoms with van der Waals surface area (Å²) < 4.78 is 6.63. The Morgan fingerprint density at radius 2 is 2.03 bits per heavy atom. The van der Waals surface area contributed by atoms with Crippen molar-refractivity contribution in [2.75, 3.05) is 45.2 Å². The normalized spacial score (nSPS) is 17.8. The van der Waals surface area contributed by atoms with Gasteiger partial charge in [0.15, 0.2) is 5.65 Å². The molecule has 11 nitrogen and oxygen atoms in total. The Balaban J connectivity index is 1.77. The number of piperidine rings is 1. The van der Waals surface area contributed by atoms with Crippen LogP contribution in [-0.4, -0.2) is 88.6 Å². The van der Waals surface area contributed by atoms with E-state index in [2.05, 4.69) is 16.9 Å². The van der Waals surface area contributed by atoms with E-state index in [4.69, 9.17) is 10.00 Å². The highest BCUT2D eigenvalue weighted by Gasteiger charge is 2.33. The van der Waals surface area contributed by atoms with E-state index in [1.54, 1.807) is 38.1 Å². The van der Waals surface area contributed by atoms with Crippen LogP contribution >= 0.6 is 0 Å². The molecule has 1 fully saturated rings. The third-order valence-corrected chi connectivity index (χ3v) is 6.47. The number of amides is 2. The van der Waals surface area contributed by atoms with Gasteiger partial charge in [0.1, 0.15) is 25.2 Å². The molecule has 1 aliphatic heterocycles. The van der Waals surface area contributed by atoms with E-state index in [0.717, 1.165) is 11.8 Å². The summed E-state index contributed by atoms with van der Waals surface area (Å²) in [6, 6.07) is 3.44. The van der Waals surface area contributed by atoms with Crippen LogP contribution in [0.1, 0.15) is 33.6 Å². The molecule has 0 bridgehead atoms. The highest BCUT2D eigenvalue weighted by Crippen LogP contribution is 2.29. The second-order valence-corrected chi connectivity index (χ2v) is 9.27. The number of carbonyl (C=O) groups is 3. The summed E-state index contributed by atoms with van der Waals surface area (Å²) in [4.78, 5) is 51.1. The topological polar surface area (TPSA) is 125 Å². The molecular weight excluding hydrogens is 450 g/mol. The molecule has 0 spiro atoms. The zero-order valence-electron chi connectivity index (χ0n) is 21.0. The first-order valence-corrected chi connectivity index (χ1v) is 11.8. The predicted molar refractivity (Wildman–Crippen MR) is 130 cm³/mol. The van der Waals surface area contributed by atoms with Gasteiger partial charge in [0.2, 0.25) is 5.91 Å². The standard InChI is InChI=1S/C24H33N7O4/c1-16(2)23(33)35-13-12-28(4)24(34)31-11-8-18-21(26-15-27-22(18)31)29(5)19-14-30(10-7-17(19)3)20(32)6-9-25/h8,11,15-17,19H,6-7,10,12-14H2,1-5H3/t17-,19+/m1/s1. The van der Waals surface area contributed by atoms with Crippen molar-refractivity contribution in [1.82, 2.24) is 24.3 Å². The molecule has 11 heteroatoms. The lowest BCUT2D eigenvalue weighted by Crippen LogP contribution is -2.52. The zero-order valence-corrected chi connectivity index (χ0v) is 21.0. The zero-order chi connectivity index (χ0) is 25.7. The molecular formula is C24H33N7O4. The molecule has 2 aromatic heterocycles. The molecule has 188 valence electrons. The Bertz CT molecular complexity index is 1120. The largest absolute Gasteiger partial charge is 0.464 e. The van der Waals surface area contributed by atoms with Crippen molar-refractivity contribution in [2.24, 2.45) is 11.8 Å². The van der Waals surface area contributed by atoms with Crippen molar-refractivity contribution in [2.45, 2.75) is 39.7 Å².